The molecule has 2 bridgehead atoms. The van der Waals surface area contributed by atoms with Crippen molar-refractivity contribution in [3.63, 3.8) is 0 Å². The lowest BCUT2D eigenvalue weighted by Crippen LogP contribution is -2.52. The Labute approximate surface area is 119 Å². The standard InChI is InChI=1S/C17H32N2/c18-17-14-10-11-15(17)13-19(12-14)16-8-6-4-2-1-3-5-7-9-16/h14-17H,1-13,18H2/t14-,15+,17-. The van der Waals surface area contributed by atoms with Gasteiger partial charge in [0.05, 0.1) is 0 Å². The zero-order valence-corrected chi connectivity index (χ0v) is 12.5. The van der Waals surface area contributed by atoms with Gasteiger partial charge in [0, 0.05) is 25.2 Å². The van der Waals surface area contributed by atoms with Crippen LogP contribution < -0.4 is 5.73 Å². The van der Waals surface area contributed by atoms with Gasteiger partial charge in [0.25, 0.3) is 0 Å². The van der Waals surface area contributed by atoms with Crippen LogP contribution in [-0.2, 0) is 0 Å². The number of fused-ring (bicyclic) bond motifs is 2. The van der Waals surface area contributed by atoms with Gasteiger partial charge in [0.1, 0.15) is 0 Å². The highest BCUT2D eigenvalue weighted by molar-refractivity contribution is 4.96. The summed E-state index contributed by atoms with van der Waals surface area (Å²) in [5.41, 5.74) is 6.35. The van der Waals surface area contributed by atoms with E-state index >= 15 is 0 Å². The van der Waals surface area contributed by atoms with Gasteiger partial charge in [0.2, 0.25) is 0 Å². The summed E-state index contributed by atoms with van der Waals surface area (Å²) in [7, 11) is 0. The smallest absolute Gasteiger partial charge is 0.0120 e. The molecule has 1 saturated heterocycles. The molecule has 110 valence electrons. The first kappa shape index (κ1) is 13.9. The minimum atomic E-state index is 0.524. The van der Waals surface area contributed by atoms with Crippen molar-refractivity contribution in [2.75, 3.05) is 13.1 Å². The van der Waals surface area contributed by atoms with E-state index in [2.05, 4.69) is 4.90 Å². The van der Waals surface area contributed by atoms with Crippen LogP contribution in [0.3, 0.4) is 0 Å². The first-order valence-electron chi connectivity index (χ1n) is 8.84. The molecule has 0 aromatic carbocycles. The van der Waals surface area contributed by atoms with E-state index in [9.17, 15) is 0 Å². The van der Waals surface area contributed by atoms with Crippen molar-refractivity contribution in [3.8, 4) is 0 Å². The fraction of sp³-hybridized carbons (Fsp3) is 1.00. The van der Waals surface area contributed by atoms with Gasteiger partial charge in [-0.3, -0.25) is 4.90 Å². The second kappa shape index (κ2) is 6.58. The molecule has 2 heteroatoms. The van der Waals surface area contributed by atoms with Gasteiger partial charge in [-0.1, -0.05) is 44.9 Å². The SMILES string of the molecule is N[C@@H]1[C@@H]2CC[C@H]1CN(C1CCCCCCCCC1)C2. The first-order valence-corrected chi connectivity index (χ1v) is 8.84. The molecule has 3 fully saturated rings. The molecule has 19 heavy (non-hydrogen) atoms. The molecule has 2 nitrogen and oxygen atoms in total. The predicted octanol–water partition coefficient (Wildman–Crippen LogP) is 3.55. The van der Waals surface area contributed by atoms with Gasteiger partial charge in [-0.25, -0.2) is 0 Å². The Morgan fingerprint density at radius 1 is 0.632 bits per heavy atom. The molecule has 0 amide bonds. The van der Waals surface area contributed by atoms with E-state index in [4.69, 9.17) is 5.73 Å². The lowest BCUT2D eigenvalue weighted by molar-refractivity contribution is 0.0881. The predicted molar refractivity (Wildman–Crippen MR) is 81.1 cm³/mol. The molecule has 2 aliphatic carbocycles. The maximum atomic E-state index is 6.35. The van der Waals surface area contributed by atoms with Crippen molar-refractivity contribution in [3.05, 3.63) is 0 Å². The summed E-state index contributed by atoms with van der Waals surface area (Å²) in [5, 5.41) is 0. The number of hydrogen-bond acceptors (Lipinski definition) is 2. The van der Waals surface area contributed by atoms with Crippen LogP contribution in [0.25, 0.3) is 0 Å². The molecule has 0 aromatic rings. The van der Waals surface area contributed by atoms with Crippen molar-refractivity contribution < 1.29 is 0 Å². The summed E-state index contributed by atoms with van der Waals surface area (Å²) in [6, 6.07) is 1.41. The average Bonchev–Trinajstić information content (AvgIpc) is 2.67. The highest BCUT2D eigenvalue weighted by atomic mass is 15.2. The summed E-state index contributed by atoms with van der Waals surface area (Å²) in [4.78, 5) is 2.84. The molecule has 0 unspecified atom stereocenters. The second-order valence-electron chi connectivity index (χ2n) is 7.33. The van der Waals surface area contributed by atoms with Crippen LogP contribution in [0.15, 0.2) is 0 Å². The van der Waals surface area contributed by atoms with Crippen molar-refractivity contribution in [1.82, 2.24) is 4.90 Å². The third kappa shape index (κ3) is 3.33. The zero-order chi connectivity index (χ0) is 13.1. The van der Waals surface area contributed by atoms with Crippen molar-refractivity contribution in [2.24, 2.45) is 17.6 Å². The molecular formula is C17H32N2. The second-order valence-corrected chi connectivity index (χ2v) is 7.33. The molecule has 2 N–H and O–H groups in total. The number of piperidine rings is 1. The van der Waals surface area contributed by atoms with Gasteiger partial charge in [0.15, 0.2) is 0 Å². The van der Waals surface area contributed by atoms with E-state index in [0.29, 0.717) is 6.04 Å². The summed E-state index contributed by atoms with van der Waals surface area (Å²) in [6.45, 7) is 2.62. The average molecular weight is 264 g/mol. The van der Waals surface area contributed by atoms with Gasteiger partial charge >= 0.3 is 0 Å². The van der Waals surface area contributed by atoms with E-state index in [1.54, 1.807) is 0 Å². The minimum absolute atomic E-state index is 0.524. The van der Waals surface area contributed by atoms with Crippen molar-refractivity contribution >= 4 is 0 Å². The fourth-order valence-electron chi connectivity index (χ4n) is 4.75. The van der Waals surface area contributed by atoms with Crippen LogP contribution in [0.5, 0.6) is 0 Å². The lowest BCUT2D eigenvalue weighted by atomic mass is 9.89. The summed E-state index contributed by atoms with van der Waals surface area (Å²) in [5.74, 6) is 1.63. The summed E-state index contributed by atoms with van der Waals surface area (Å²) in [6.07, 6.45) is 16.0. The molecule has 0 aromatic heterocycles. The molecule has 3 aliphatic rings. The summed E-state index contributed by atoms with van der Waals surface area (Å²) < 4.78 is 0. The Kier molecular flexibility index (Phi) is 4.81. The van der Waals surface area contributed by atoms with Crippen LogP contribution in [-0.4, -0.2) is 30.1 Å². The highest BCUT2D eigenvalue weighted by Gasteiger charge is 2.41. The van der Waals surface area contributed by atoms with E-state index in [0.717, 1.165) is 17.9 Å². The highest BCUT2D eigenvalue weighted by Crippen LogP contribution is 2.37. The lowest BCUT2D eigenvalue weighted by Gasteiger charge is -2.41. The maximum Gasteiger partial charge on any atom is 0.0120 e. The maximum absolute atomic E-state index is 6.35. The quantitative estimate of drug-likeness (QED) is 0.785. The van der Waals surface area contributed by atoms with Gasteiger partial charge in [-0.2, -0.15) is 0 Å². The van der Waals surface area contributed by atoms with E-state index in [-0.39, 0.29) is 0 Å². The molecule has 0 radical (unpaired) electrons. The Bertz CT molecular complexity index is 254. The van der Waals surface area contributed by atoms with Crippen molar-refractivity contribution in [1.29, 1.82) is 0 Å². The van der Waals surface area contributed by atoms with Gasteiger partial charge < -0.3 is 5.73 Å². The van der Waals surface area contributed by atoms with Crippen LogP contribution >= 0.6 is 0 Å². The monoisotopic (exact) mass is 264 g/mol. The Hall–Kier alpha value is -0.0800. The molecule has 0 spiro atoms. The Balaban J connectivity index is 1.56. The minimum Gasteiger partial charge on any atom is -0.327 e. The van der Waals surface area contributed by atoms with Crippen LogP contribution in [0.4, 0.5) is 0 Å². The third-order valence-electron chi connectivity index (χ3n) is 6.03. The van der Waals surface area contributed by atoms with Crippen LogP contribution in [0.2, 0.25) is 0 Å². The first-order chi connectivity index (χ1) is 9.34. The summed E-state index contributed by atoms with van der Waals surface area (Å²) >= 11 is 0. The molecule has 3 rings (SSSR count). The fourth-order valence-corrected chi connectivity index (χ4v) is 4.75. The van der Waals surface area contributed by atoms with Gasteiger partial charge in [-0.05, 0) is 37.5 Å². The third-order valence-corrected chi connectivity index (χ3v) is 6.03. The van der Waals surface area contributed by atoms with Gasteiger partial charge in [-0.15, -0.1) is 0 Å². The largest absolute Gasteiger partial charge is 0.327 e. The number of nitrogens with zero attached hydrogens (tertiary/aromatic N) is 1. The number of nitrogens with two attached hydrogens (primary N) is 1. The Morgan fingerprint density at radius 3 is 1.63 bits per heavy atom. The normalized spacial score (nSPS) is 39.3. The number of likely N-dealkylation sites (tertiary alicyclic amines) is 1. The number of rotatable bonds is 1. The van der Waals surface area contributed by atoms with E-state index in [1.165, 1.54) is 83.7 Å². The zero-order valence-electron chi connectivity index (χ0n) is 12.5. The van der Waals surface area contributed by atoms with E-state index < -0.39 is 0 Å². The topological polar surface area (TPSA) is 29.3 Å². The molecule has 1 aliphatic heterocycles. The van der Waals surface area contributed by atoms with Crippen molar-refractivity contribution in [2.45, 2.75) is 82.7 Å². The molecule has 3 atom stereocenters. The number of hydrogen-bond donors (Lipinski definition) is 1. The molecule has 1 heterocycles. The van der Waals surface area contributed by atoms with Crippen LogP contribution in [0.1, 0.15) is 70.6 Å². The van der Waals surface area contributed by atoms with Crippen LogP contribution in [0, 0.1) is 11.8 Å². The molecule has 2 saturated carbocycles. The molecular weight excluding hydrogens is 232 g/mol. The Morgan fingerprint density at radius 2 is 1.11 bits per heavy atom. The van der Waals surface area contributed by atoms with E-state index in [1.807, 2.05) is 0 Å².